The zero-order valence-corrected chi connectivity index (χ0v) is 20.5. The zero-order chi connectivity index (χ0) is 23.4. The summed E-state index contributed by atoms with van der Waals surface area (Å²) in [5, 5.41) is 1.14. The van der Waals surface area contributed by atoms with E-state index in [1.54, 1.807) is 7.11 Å². The largest absolute Gasteiger partial charge is 0.494 e. The Labute approximate surface area is 197 Å². The molecule has 7 heteroatoms. The minimum atomic E-state index is -0.449. The quantitative estimate of drug-likeness (QED) is 0.682. The molecule has 1 atom stereocenters. The number of carbonyl (C=O) groups is 1. The van der Waals surface area contributed by atoms with E-state index in [9.17, 15) is 4.79 Å². The number of nitrogens with zero attached hydrogens (tertiary/aromatic N) is 4. The molecular formula is C26H38N4O3. The van der Waals surface area contributed by atoms with Crippen molar-refractivity contribution in [3.05, 3.63) is 30.5 Å². The van der Waals surface area contributed by atoms with Crippen molar-refractivity contribution in [1.29, 1.82) is 0 Å². The van der Waals surface area contributed by atoms with Crippen molar-refractivity contribution in [2.24, 2.45) is 5.92 Å². The normalized spacial score (nSPS) is 20.5. The van der Waals surface area contributed by atoms with Gasteiger partial charge in [0.1, 0.15) is 17.0 Å². The van der Waals surface area contributed by atoms with Crippen LogP contribution in [-0.2, 0) is 4.74 Å². The number of anilines is 1. The molecule has 180 valence electrons. The molecule has 2 aromatic rings. The number of ether oxygens (including phenoxy) is 2. The van der Waals surface area contributed by atoms with Gasteiger partial charge in [-0.05, 0) is 70.7 Å². The molecule has 0 N–H and O–H groups in total. The van der Waals surface area contributed by atoms with Crippen molar-refractivity contribution < 1.29 is 14.3 Å². The van der Waals surface area contributed by atoms with E-state index in [0.717, 1.165) is 81.0 Å². The lowest BCUT2D eigenvalue weighted by Crippen LogP contribution is -2.46. The van der Waals surface area contributed by atoms with E-state index in [1.165, 1.54) is 6.42 Å². The number of fused-ring (bicyclic) bond motifs is 1. The molecule has 0 radical (unpaired) electrons. The Morgan fingerprint density at radius 2 is 1.94 bits per heavy atom. The molecule has 0 unspecified atom stereocenters. The van der Waals surface area contributed by atoms with Gasteiger partial charge in [0.05, 0.1) is 12.6 Å². The van der Waals surface area contributed by atoms with E-state index in [1.807, 2.05) is 37.9 Å². The average molecular weight is 455 g/mol. The maximum atomic E-state index is 12.5. The number of amides is 1. The van der Waals surface area contributed by atoms with Gasteiger partial charge in [0.2, 0.25) is 0 Å². The van der Waals surface area contributed by atoms with E-state index in [-0.39, 0.29) is 6.09 Å². The lowest BCUT2D eigenvalue weighted by molar-refractivity contribution is 0.0146. The molecule has 0 spiro atoms. The molecule has 33 heavy (non-hydrogen) atoms. The Kier molecular flexibility index (Phi) is 7.27. The number of pyridine rings is 1. The molecule has 0 aliphatic carbocycles. The number of piperidine rings is 1. The fourth-order valence-electron chi connectivity index (χ4n) is 5.03. The smallest absolute Gasteiger partial charge is 0.410 e. The van der Waals surface area contributed by atoms with E-state index >= 15 is 0 Å². The molecule has 1 aromatic heterocycles. The molecule has 2 fully saturated rings. The second-order valence-electron chi connectivity index (χ2n) is 10.3. The van der Waals surface area contributed by atoms with E-state index in [0.29, 0.717) is 5.92 Å². The van der Waals surface area contributed by atoms with Gasteiger partial charge in [-0.2, -0.15) is 0 Å². The summed E-state index contributed by atoms with van der Waals surface area (Å²) in [6.07, 6.45) is 4.98. The maximum Gasteiger partial charge on any atom is 0.410 e. The zero-order valence-electron chi connectivity index (χ0n) is 20.5. The highest BCUT2D eigenvalue weighted by Crippen LogP contribution is 2.35. The Hall–Kier alpha value is -2.54. The number of carbonyl (C=O) groups excluding carboxylic acids is 1. The van der Waals surface area contributed by atoms with Gasteiger partial charge in [-0.15, -0.1) is 0 Å². The summed E-state index contributed by atoms with van der Waals surface area (Å²) in [4.78, 5) is 24.1. The second-order valence-corrected chi connectivity index (χ2v) is 10.3. The number of methoxy groups -OCH3 is 1. The predicted molar refractivity (Wildman–Crippen MR) is 132 cm³/mol. The standard InChI is InChI=1S/C26H38N4O3/c1-26(2,3)33-25(31)30-14-6-8-20(19-30)18-28-13-7-15-29(17-16-28)24-22(32-4)11-10-21-9-5-12-27-23(21)24/h5,9-12,20H,6-8,13-19H2,1-4H3/t20-/m1/s1. The maximum absolute atomic E-state index is 12.5. The van der Waals surface area contributed by atoms with E-state index in [4.69, 9.17) is 9.47 Å². The summed E-state index contributed by atoms with van der Waals surface area (Å²) < 4.78 is 11.3. The number of hydrogen-bond acceptors (Lipinski definition) is 6. The van der Waals surface area contributed by atoms with Crippen molar-refractivity contribution >= 4 is 22.7 Å². The Morgan fingerprint density at radius 1 is 1.09 bits per heavy atom. The van der Waals surface area contributed by atoms with Gasteiger partial charge in [0.15, 0.2) is 0 Å². The number of aromatic nitrogens is 1. The van der Waals surface area contributed by atoms with Crippen molar-refractivity contribution in [3.63, 3.8) is 0 Å². The van der Waals surface area contributed by atoms with Crippen LogP contribution in [0.3, 0.4) is 0 Å². The lowest BCUT2D eigenvalue weighted by Gasteiger charge is -2.36. The second kappa shape index (κ2) is 10.2. The minimum Gasteiger partial charge on any atom is -0.494 e. The summed E-state index contributed by atoms with van der Waals surface area (Å²) in [5.41, 5.74) is 1.66. The van der Waals surface area contributed by atoms with Crippen molar-refractivity contribution in [3.8, 4) is 5.75 Å². The molecule has 1 amide bonds. The van der Waals surface area contributed by atoms with Gasteiger partial charge < -0.3 is 24.2 Å². The van der Waals surface area contributed by atoms with E-state index in [2.05, 4.69) is 33.0 Å². The van der Waals surface area contributed by atoms with Crippen LogP contribution in [0.15, 0.2) is 30.5 Å². The Bertz CT molecular complexity index is 958. The van der Waals surface area contributed by atoms with E-state index < -0.39 is 5.60 Å². The fourth-order valence-corrected chi connectivity index (χ4v) is 5.03. The molecule has 3 heterocycles. The summed E-state index contributed by atoms with van der Waals surface area (Å²) in [7, 11) is 1.73. The van der Waals surface area contributed by atoms with Crippen LogP contribution in [-0.4, -0.2) is 79.4 Å². The Balaban J connectivity index is 1.39. The van der Waals surface area contributed by atoms with Crippen molar-refractivity contribution in [1.82, 2.24) is 14.8 Å². The van der Waals surface area contributed by atoms with Gasteiger partial charge in [-0.25, -0.2) is 4.79 Å². The van der Waals surface area contributed by atoms with Gasteiger partial charge in [0, 0.05) is 50.9 Å². The van der Waals surface area contributed by atoms with Crippen molar-refractivity contribution in [2.45, 2.75) is 45.6 Å². The molecule has 0 saturated carbocycles. The summed E-state index contributed by atoms with van der Waals surface area (Å²) in [6, 6.07) is 8.21. The van der Waals surface area contributed by atoms with Crippen LogP contribution in [0.1, 0.15) is 40.0 Å². The summed E-state index contributed by atoms with van der Waals surface area (Å²) >= 11 is 0. The average Bonchev–Trinajstić information content (AvgIpc) is 3.02. The molecular weight excluding hydrogens is 416 g/mol. The monoisotopic (exact) mass is 454 g/mol. The number of likely N-dealkylation sites (tertiary alicyclic amines) is 1. The third-order valence-electron chi connectivity index (χ3n) is 6.52. The van der Waals surface area contributed by atoms with Gasteiger partial charge in [-0.1, -0.05) is 6.07 Å². The Morgan fingerprint density at radius 3 is 2.73 bits per heavy atom. The van der Waals surface area contributed by atoms with Gasteiger partial charge in [0.25, 0.3) is 0 Å². The van der Waals surface area contributed by atoms with Crippen LogP contribution in [0.25, 0.3) is 10.9 Å². The van der Waals surface area contributed by atoms with Crippen LogP contribution in [0.5, 0.6) is 5.75 Å². The summed E-state index contributed by atoms with van der Waals surface area (Å²) in [6.45, 7) is 12.4. The third kappa shape index (κ3) is 5.88. The number of benzene rings is 1. The highest BCUT2D eigenvalue weighted by Gasteiger charge is 2.29. The fraction of sp³-hybridized carbons (Fsp3) is 0.615. The van der Waals surface area contributed by atoms with Crippen LogP contribution in [0.2, 0.25) is 0 Å². The first kappa shape index (κ1) is 23.6. The number of rotatable bonds is 4. The van der Waals surface area contributed by atoms with Crippen LogP contribution in [0.4, 0.5) is 10.5 Å². The minimum absolute atomic E-state index is 0.176. The first-order valence-electron chi connectivity index (χ1n) is 12.2. The molecule has 2 aliphatic rings. The predicted octanol–water partition coefficient (Wildman–Crippen LogP) is 4.40. The number of hydrogen-bond donors (Lipinski definition) is 0. The van der Waals surface area contributed by atoms with Gasteiger partial charge in [-0.3, -0.25) is 4.98 Å². The molecule has 2 aliphatic heterocycles. The molecule has 0 bridgehead atoms. The van der Waals surface area contributed by atoms with Crippen LogP contribution >= 0.6 is 0 Å². The molecule has 2 saturated heterocycles. The highest BCUT2D eigenvalue weighted by molar-refractivity contribution is 5.94. The van der Waals surface area contributed by atoms with Crippen LogP contribution < -0.4 is 9.64 Å². The first-order valence-corrected chi connectivity index (χ1v) is 12.2. The summed E-state index contributed by atoms with van der Waals surface area (Å²) in [5.74, 6) is 1.38. The first-order chi connectivity index (χ1) is 15.8. The molecule has 4 rings (SSSR count). The molecule has 7 nitrogen and oxygen atoms in total. The van der Waals surface area contributed by atoms with Crippen LogP contribution in [0, 0.1) is 5.92 Å². The SMILES string of the molecule is COc1ccc2cccnc2c1N1CCCN(C[C@H]2CCCN(C(=O)OC(C)(C)C)C2)CC1. The molecule has 1 aromatic carbocycles. The highest BCUT2D eigenvalue weighted by atomic mass is 16.6. The van der Waals surface area contributed by atoms with Crippen molar-refractivity contribution in [2.75, 3.05) is 57.8 Å². The third-order valence-corrected chi connectivity index (χ3v) is 6.52. The van der Waals surface area contributed by atoms with Gasteiger partial charge >= 0.3 is 6.09 Å². The lowest BCUT2D eigenvalue weighted by atomic mass is 9.97. The topological polar surface area (TPSA) is 58.1 Å².